The number of piperazine rings is 1. The first-order chi connectivity index (χ1) is 32.9. The van der Waals surface area contributed by atoms with Crippen molar-refractivity contribution in [1.29, 1.82) is 0 Å². The first kappa shape index (κ1) is 49.6. The molecule has 69 heavy (non-hydrogen) atoms. The molecule has 0 spiro atoms. The van der Waals surface area contributed by atoms with Crippen molar-refractivity contribution >= 4 is 75.0 Å². The van der Waals surface area contributed by atoms with Crippen molar-refractivity contribution in [3.05, 3.63) is 80.6 Å². The molecule has 366 valence electrons. The zero-order valence-electron chi connectivity index (χ0n) is 40.2. The van der Waals surface area contributed by atoms with E-state index in [-0.39, 0.29) is 48.8 Å². The summed E-state index contributed by atoms with van der Waals surface area (Å²) in [5.74, 6) is -1.19. The highest BCUT2D eigenvalue weighted by Gasteiger charge is 2.27. The Labute approximate surface area is 402 Å². The largest absolute Gasteiger partial charge is 0.494 e. The van der Waals surface area contributed by atoms with Crippen LogP contribution in [-0.2, 0) is 30.8 Å². The van der Waals surface area contributed by atoms with Crippen LogP contribution in [0.25, 0.3) is 22.1 Å². The van der Waals surface area contributed by atoms with Gasteiger partial charge in [0.05, 0.1) is 41.1 Å². The molecule has 0 unspecified atom stereocenters. The quantitative estimate of drug-likeness (QED) is 0.0611. The van der Waals surface area contributed by atoms with Gasteiger partial charge in [0.1, 0.15) is 38.7 Å². The first-order valence-electron chi connectivity index (χ1n) is 22.7. The average Bonchev–Trinajstić information content (AvgIpc) is 4.07. The number of amides is 5. The molecule has 0 atom stereocenters. The summed E-state index contributed by atoms with van der Waals surface area (Å²) in [6.45, 7) is 17.2. The van der Waals surface area contributed by atoms with Crippen LogP contribution in [0.4, 0.5) is 16.7 Å². The summed E-state index contributed by atoms with van der Waals surface area (Å²) in [5, 5.41) is 11.1. The van der Waals surface area contributed by atoms with E-state index >= 15 is 0 Å². The van der Waals surface area contributed by atoms with E-state index in [1.165, 1.54) is 30.6 Å². The lowest BCUT2D eigenvalue weighted by Gasteiger charge is -2.35. The number of rotatable bonds is 18. The number of ether oxygens (including phenoxy) is 3. The van der Waals surface area contributed by atoms with Crippen LogP contribution in [0.15, 0.2) is 42.5 Å². The standard InChI is InChI=1S/C47H59N13O8S/c1-9-31-39(69-28(4)50-31)43(64)54-45-52-33-24-30(41(49)62)26-36(67-21-13-14-56-17-19-57(20-18-56)46(65)68-47(5,6)7)38(33)59(45)16-12-11-15-58-37-32(23-29(40(48)61)25-35(37)66-8)51-44(58)53-42(63)34-22-27(3)55-60(34)10-2/h11-12,22-26H,9-10,13-21H2,1-8H3,(H2,48,61)(H2,49,62)(H,51,53,63)(H,52,54,64)/b12-11+. The van der Waals surface area contributed by atoms with Crippen molar-refractivity contribution in [2.24, 2.45) is 11.5 Å². The van der Waals surface area contributed by atoms with Crippen molar-refractivity contribution in [2.45, 2.75) is 86.5 Å². The van der Waals surface area contributed by atoms with Crippen LogP contribution in [0.1, 0.15) is 98.3 Å². The molecule has 2 aromatic carbocycles. The average molecular weight is 966 g/mol. The predicted molar refractivity (Wildman–Crippen MR) is 261 cm³/mol. The minimum atomic E-state index is -0.680. The van der Waals surface area contributed by atoms with Gasteiger partial charge in [-0.15, -0.1) is 11.3 Å². The number of aromatic nitrogens is 7. The lowest BCUT2D eigenvalue weighted by atomic mass is 10.1. The molecule has 1 fully saturated rings. The van der Waals surface area contributed by atoms with Crippen LogP contribution in [-0.4, -0.2) is 125 Å². The third kappa shape index (κ3) is 11.3. The van der Waals surface area contributed by atoms with Crippen LogP contribution >= 0.6 is 11.3 Å². The van der Waals surface area contributed by atoms with Gasteiger partial charge in [0, 0.05) is 63.5 Å². The van der Waals surface area contributed by atoms with Gasteiger partial charge in [-0.25, -0.2) is 19.7 Å². The number of anilines is 2. The van der Waals surface area contributed by atoms with E-state index < -0.39 is 29.2 Å². The van der Waals surface area contributed by atoms with E-state index in [1.54, 1.807) is 43.8 Å². The number of benzene rings is 2. The number of carbonyl (C=O) groups excluding carboxylic acids is 5. The molecule has 21 nitrogen and oxygen atoms in total. The fraction of sp³-hybridized carbons (Fsp3) is 0.426. The maximum absolute atomic E-state index is 13.9. The molecular weight excluding hydrogens is 907 g/mol. The minimum Gasteiger partial charge on any atom is -0.494 e. The number of nitrogens with zero attached hydrogens (tertiary/aromatic N) is 9. The molecule has 0 bridgehead atoms. The number of thiazole rings is 1. The molecule has 6 aromatic rings. The summed E-state index contributed by atoms with van der Waals surface area (Å²) in [5.41, 5.74) is 14.6. The number of nitrogens with one attached hydrogen (secondary N) is 2. The minimum absolute atomic E-state index is 0.148. The molecule has 0 radical (unpaired) electrons. The van der Waals surface area contributed by atoms with Gasteiger partial charge >= 0.3 is 6.09 Å². The van der Waals surface area contributed by atoms with Gasteiger partial charge in [-0.3, -0.25) is 39.4 Å². The number of hydrogen-bond donors (Lipinski definition) is 4. The normalized spacial score (nSPS) is 13.4. The zero-order valence-corrected chi connectivity index (χ0v) is 41.0. The highest BCUT2D eigenvalue weighted by atomic mass is 32.1. The number of imidazole rings is 2. The molecule has 6 N–H and O–H groups in total. The molecule has 1 saturated heterocycles. The Kier molecular flexibility index (Phi) is 15.0. The molecule has 0 saturated carbocycles. The molecule has 7 rings (SSSR count). The van der Waals surface area contributed by atoms with Crippen molar-refractivity contribution in [2.75, 3.05) is 57.1 Å². The third-order valence-electron chi connectivity index (χ3n) is 11.3. The van der Waals surface area contributed by atoms with E-state index in [9.17, 15) is 24.0 Å². The Hall–Kier alpha value is -7.33. The van der Waals surface area contributed by atoms with Gasteiger partial charge < -0.3 is 39.7 Å². The third-order valence-corrected chi connectivity index (χ3v) is 12.3. The van der Waals surface area contributed by atoms with Gasteiger partial charge in [0.2, 0.25) is 23.7 Å². The monoisotopic (exact) mass is 965 g/mol. The summed E-state index contributed by atoms with van der Waals surface area (Å²) >= 11 is 1.28. The van der Waals surface area contributed by atoms with Gasteiger partial charge in [0.25, 0.3) is 11.8 Å². The lowest BCUT2D eigenvalue weighted by molar-refractivity contribution is 0.0141. The molecule has 1 aliphatic rings. The number of aryl methyl sites for hydroxylation is 4. The SMILES string of the molecule is CCc1nc(C)sc1C(=O)Nc1nc2cc(C(N)=O)cc(OCCCN3CCN(C(=O)OC(C)(C)C)CC3)c2n1C/C=C/Cn1c(NC(=O)c2cc(C)nn2CC)nc2cc(C(N)=O)cc(OC)c21. The Morgan fingerprint density at radius 1 is 0.797 bits per heavy atom. The summed E-state index contributed by atoms with van der Waals surface area (Å²) in [6.07, 6.45) is 4.55. The van der Waals surface area contributed by atoms with Crippen LogP contribution < -0.4 is 31.6 Å². The topological polar surface area (TPSA) is 262 Å². The second-order valence-electron chi connectivity index (χ2n) is 17.4. The maximum atomic E-state index is 13.9. The summed E-state index contributed by atoms with van der Waals surface area (Å²) < 4.78 is 22.8. The fourth-order valence-electron chi connectivity index (χ4n) is 8.05. The Balaban J connectivity index is 1.19. The van der Waals surface area contributed by atoms with Crippen LogP contribution in [0.3, 0.4) is 0 Å². The number of nitrogens with two attached hydrogens (primary N) is 2. The molecule has 1 aliphatic heterocycles. The number of hydrogen-bond acceptors (Lipinski definition) is 14. The van der Waals surface area contributed by atoms with Crippen LogP contribution in [0.5, 0.6) is 11.5 Å². The zero-order chi connectivity index (χ0) is 49.7. The maximum Gasteiger partial charge on any atom is 0.410 e. The van der Waals surface area contributed by atoms with Crippen molar-refractivity contribution in [3.63, 3.8) is 0 Å². The van der Waals surface area contributed by atoms with Crippen molar-refractivity contribution < 1.29 is 38.2 Å². The molecule has 5 amide bonds. The molecule has 4 aromatic heterocycles. The number of carbonyl (C=O) groups is 5. The van der Waals surface area contributed by atoms with Gasteiger partial charge in [-0.1, -0.05) is 19.1 Å². The number of primary amides is 2. The van der Waals surface area contributed by atoms with E-state index in [0.29, 0.717) is 108 Å². The Bertz CT molecular complexity index is 2950. The van der Waals surface area contributed by atoms with E-state index in [4.69, 9.17) is 35.6 Å². The van der Waals surface area contributed by atoms with Gasteiger partial charge in [-0.2, -0.15) is 5.10 Å². The summed E-state index contributed by atoms with van der Waals surface area (Å²) in [7, 11) is 1.46. The van der Waals surface area contributed by atoms with E-state index in [2.05, 4.69) is 25.6 Å². The van der Waals surface area contributed by atoms with Crippen LogP contribution in [0, 0.1) is 13.8 Å². The molecule has 5 heterocycles. The smallest absolute Gasteiger partial charge is 0.410 e. The van der Waals surface area contributed by atoms with Gasteiger partial charge in [0.15, 0.2) is 0 Å². The lowest BCUT2D eigenvalue weighted by Crippen LogP contribution is -2.50. The van der Waals surface area contributed by atoms with Crippen LogP contribution in [0.2, 0.25) is 0 Å². The van der Waals surface area contributed by atoms with E-state index in [0.717, 1.165) is 5.01 Å². The summed E-state index contributed by atoms with van der Waals surface area (Å²) in [4.78, 5) is 83.7. The van der Waals surface area contributed by atoms with Gasteiger partial charge in [-0.05, 0) is 84.7 Å². The number of methoxy groups -OCH3 is 1. The van der Waals surface area contributed by atoms with Crippen molar-refractivity contribution in [3.8, 4) is 11.5 Å². The first-order valence-corrected chi connectivity index (χ1v) is 23.5. The number of allylic oxidation sites excluding steroid dienone is 2. The predicted octanol–water partition coefficient (Wildman–Crippen LogP) is 5.53. The molecule has 22 heteroatoms. The summed E-state index contributed by atoms with van der Waals surface area (Å²) in [6, 6.07) is 7.87. The number of fused-ring (bicyclic) bond motifs is 2. The Morgan fingerprint density at radius 3 is 1.93 bits per heavy atom. The highest BCUT2D eigenvalue weighted by molar-refractivity contribution is 7.13. The molecule has 0 aliphatic carbocycles. The van der Waals surface area contributed by atoms with Crippen molar-refractivity contribution in [1.82, 2.24) is 43.7 Å². The molecular formula is C47H59N13O8S. The second kappa shape index (κ2) is 20.9. The fourth-order valence-corrected chi connectivity index (χ4v) is 8.95. The Morgan fingerprint density at radius 2 is 1.38 bits per heavy atom. The highest BCUT2D eigenvalue weighted by Crippen LogP contribution is 2.34. The second-order valence-corrected chi connectivity index (χ2v) is 18.7. The van der Waals surface area contributed by atoms with E-state index in [1.807, 2.05) is 53.7 Å².